The van der Waals surface area contributed by atoms with Crippen LogP contribution in [0, 0.1) is 11.7 Å². The van der Waals surface area contributed by atoms with Crippen molar-refractivity contribution in [3.8, 4) is 0 Å². The first kappa shape index (κ1) is 25.0. The van der Waals surface area contributed by atoms with Crippen molar-refractivity contribution in [2.75, 3.05) is 18.4 Å². The number of carbonyl (C=O) groups excluding carboxylic acids is 2. The van der Waals surface area contributed by atoms with Crippen molar-refractivity contribution in [3.63, 3.8) is 0 Å². The molecule has 0 saturated carbocycles. The smallest absolute Gasteiger partial charge is 0.322 e. The van der Waals surface area contributed by atoms with E-state index < -0.39 is 0 Å². The third kappa shape index (κ3) is 6.50. The van der Waals surface area contributed by atoms with E-state index in [9.17, 15) is 14.0 Å². The van der Waals surface area contributed by atoms with Gasteiger partial charge in [0.1, 0.15) is 18.1 Å². The van der Waals surface area contributed by atoms with Gasteiger partial charge in [0, 0.05) is 18.5 Å². The van der Waals surface area contributed by atoms with E-state index in [4.69, 9.17) is 4.42 Å². The summed E-state index contributed by atoms with van der Waals surface area (Å²) in [6.45, 7) is 4.82. The maximum absolute atomic E-state index is 13.5. The molecule has 0 atom stereocenters. The molecule has 1 aromatic heterocycles. The highest BCUT2D eigenvalue weighted by Gasteiger charge is 2.23. The van der Waals surface area contributed by atoms with Crippen LogP contribution in [0.5, 0.6) is 0 Å². The number of hydrogen-bond acceptors (Lipinski definition) is 3. The first-order chi connectivity index (χ1) is 17.4. The van der Waals surface area contributed by atoms with Gasteiger partial charge in [-0.05, 0) is 47.2 Å². The van der Waals surface area contributed by atoms with E-state index in [1.165, 1.54) is 17.0 Å². The molecule has 0 radical (unpaired) electrons. The van der Waals surface area contributed by atoms with Crippen LogP contribution in [0.3, 0.4) is 0 Å². The largest absolute Gasteiger partial charge is 0.467 e. The fraction of sp³-hybridized carbons (Fsp3) is 0.241. The van der Waals surface area contributed by atoms with Crippen molar-refractivity contribution in [1.82, 2.24) is 9.80 Å². The molecule has 4 aromatic rings. The first-order valence-electron chi connectivity index (χ1n) is 12.0. The quantitative estimate of drug-likeness (QED) is 0.302. The predicted molar refractivity (Wildman–Crippen MR) is 139 cm³/mol. The Morgan fingerprint density at radius 2 is 1.64 bits per heavy atom. The van der Waals surface area contributed by atoms with E-state index in [1.807, 2.05) is 56.3 Å². The molecule has 0 saturated heterocycles. The van der Waals surface area contributed by atoms with E-state index in [1.54, 1.807) is 35.4 Å². The summed E-state index contributed by atoms with van der Waals surface area (Å²) in [5.74, 6) is 0.216. The molecular formula is C29H30FN3O3. The highest BCUT2D eigenvalue weighted by molar-refractivity contribution is 6.02. The molecule has 3 amide bonds. The molecule has 0 spiro atoms. The zero-order valence-corrected chi connectivity index (χ0v) is 20.5. The minimum Gasteiger partial charge on any atom is -0.467 e. The Hall–Kier alpha value is -4.13. The van der Waals surface area contributed by atoms with Crippen molar-refractivity contribution in [2.24, 2.45) is 5.92 Å². The molecule has 36 heavy (non-hydrogen) atoms. The number of fused-ring (bicyclic) bond motifs is 1. The molecule has 0 fully saturated rings. The van der Waals surface area contributed by atoms with Gasteiger partial charge >= 0.3 is 6.03 Å². The number of amides is 3. The standard InChI is InChI=1S/C29H30FN3O3/c1-21(2)17-33(29(35)31-27-11-5-8-23-7-3-4-10-26(23)27)20-28(34)32(19-25-9-6-16-36-25)18-22-12-14-24(30)15-13-22/h3-16,21H,17-20H2,1-2H3,(H,31,35). The van der Waals surface area contributed by atoms with Gasteiger partial charge in [0.05, 0.1) is 18.5 Å². The lowest BCUT2D eigenvalue weighted by atomic mass is 10.1. The maximum atomic E-state index is 13.5. The lowest BCUT2D eigenvalue weighted by Gasteiger charge is -2.28. The fourth-order valence-corrected chi connectivity index (χ4v) is 4.09. The number of urea groups is 1. The number of rotatable bonds is 9. The van der Waals surface area contributed by atoms with Crippen LogP contribution in [-0.4, -0.2) is 34.8 Å². The third-order valence-electron chi connectivity index (χ3n) is 5.80. The average Bonchev–Trinajstić information content (AvgIpc) is 3.37. The van der Waals surface area contributed by atoms with E-state index in [0.29, 0.717) is 18.0 Å². The van der Waals surface area contributed by atoms with E-state index >= 15 is 0 Å². The SMILES string of the molecule is CC(C)CN(CC(=O)N(Cc1ccc(F)cc1)Cc1ccco1)C(=O)Nc1cccc2ccccc12. The summed E-state index contributed by atoms with van der Waals surface area (Å²) < 4.78 is 18.9. The summed E-state index contributed by atoms with van der Waals surface area (Å²) in [5.41, 5.74) is 1.48. The summed E-state index contributed by atoms with van der Waals surface area (Å²) in [7, 11) is 0. The second-order valence-corrected chi connectivity index (χ2v) is 9.19. The zero-order valence-electron chi connectivity index (χ0n) is 20.5. The molecule has 3 aromatic carbocycles. The average molecular weight is 488 g/mol. The number of benzene rings is 3. The predicted octanol–water partition coefficient (Wildman–Crippen LogP) is 6.29. The third-order valence-corrected chi connectivity index (χ3v) is 5.80. The molecule has 7 heteroatoms. The summed E-state index contributed by atoms with van der Waals surface area (Å²) in [6.07, 6.45) is 1.55. The highest BCUT2D eigenvalue weighted by atomic mass is 19.1. The van der Waals surface area contributed by atoms with Crippen LogP contribution in [0.4, 0.5) is 14.9 Å². The summed E-state index contributed by atoms with van der Waals surface area (Å²) >= 11 is 0. The number of nitrogens with zero attached hydrogens (tertiary/aromatic N) is 2. The Balaban J connectivity index is 1.53. The molecule has 0 unspecified atom stereocenters. The number of halogens is 1. The van der Waals surface area contributed by atoms with Crippen LogP contribution < -0.4 is 5.32 Å². The zero-order chi connectivity index (χ0) is 25.5. The molecule has 0 aliphatic heterocycles. The van der Waals surface area contributed by atoms with Crippen LogP contribution in [-0.2, 0) is 17.9 Å². The number of anilines is 1. The lowest BCUT2D eigenvalue weighted by molar-refractivity contribution is -0.133. The van der Waals surface area contributed by atoms with Crippen LogP contribution in [0.15, 0.2) is 89.5 Å². The number of furan rings is 1. The molecule has 6 nitrogen and oxygen atoms in total. The van der Waals surface area contributed by atoms with E-state index in [-0.39, 0.29) is 43.3 Å². The van der Waals surface area contributed by atoms with Crippen molar-refractivity contribution < 1.29 is 18.4 Å². The Bertz CT molecular complexity index is 1300. The van der Waals surface area contributed by atoms with Crippen LogP contribution >= 0.6 is 0 Å². The Morgan fingerprint density at radius 3 is 2.36 bits per heavy atom. The highest BCUT2D eigenvalue weighted by Crippen LogP contribution is 2.23. The lowest BCUT2D eigenvalue weighted by Crippen LogP contribution is -2.45. The number of hydrogen-bond donors (Lipinski definition) is 1. The van der Waals surface area contributed by atoms with Crippen molar-refractivity contribution in [3.05, 3.63) is 102 Å². The molecular weight excluding hydrogens is 457 g/mol. The van der Waals surface area contributed by atoms with Crippen LogP contribution in [0.2, 0.25) is 0 Å². The number of nitrogens with one attached hydrogen (secondary N) is 1. The van der Waals surface area contributed by atoms with E-state index in [0.717, 1.165) is 16.3 Å². The maximum Gasteiger partial charge on any atom is 0.322 e. The van der Waals surface area contributed by atoms with Gasteiger partial charge in [0.15, 0.2) is 0 Å². The van der Waals surface area contributed by atoms with Gasteiger partial charge in [-0.25, -0.2) is 9.18 Å². The topological polar surface area (TPSA) is 65.8 Å². The van der Waals surface area contributed by atoms with Crippen molar-refractivity contribution in [2.45, 2.75) is 26.9 Å². The van der Waals surface area contributed by atoms with Crippen LogP contribution in [0.25, 0.3) is 10.8 Å². The van der Waals surface area contributed by atoms with Gasteiger partial charge < -0.3 is 19.5 Å². The van der Waals surface area contributed by atoms with Crippen LogP contribution in [0.1, 0.15) is 25.2 Å². The van der Waals surface area contributed by atoms with Gasteiger partial charge in [-0.3, -0.25) is 4.79 Å². The Morgan fingerprint density at radius 1 is 0.889 bits per heavy atom. The van der Waals surface area contributed by atoms with Crippen molar-refractivity contribution >= 4 is 28.4 Å². The first-order valence-corrected chi connectivity index (χ1v) is 12.0. The van der Waals surface area contributed by atoms with Gasteiger partial charge in [-0.2, -0.15) is 0 Å². The van der Waals surface area contributed by atoms with E-state index in [2.05, 4.69) is 5.32 Å². The Kier molecular flexibility index (Phi) is 8.00. The summed E-state index contributed by atoms with van der Waals surface area (Å²) in [5, 5.41) is 4.94. The second-order valence-electron chi connectivity index (χ2n) is 9.19. The second kappa shape index (κ2) is 11.5. The number of carbonyl (C=O) groups is 2. The van der Waals surface area contributed by atoms with Crippen molar-refractivity contribution in [1.29, 1.82) is 0 Å². The molecule has 0 bridgehead atoms. The molecule has 1 N–H and O–H groups in total. The summed E-state index contributed by atoms with van der Waals surface area (Å²) in [4.78, 5) is 30.0. The van der Waals surface area contributed by atoms with Gasteiger partial charge in [-0.15, -0.1) is 0 Å². The van der Waals surface area contributed by atoms with Gasteiger partial charge in [0.2, 0.25) is 5.91 Å². The minimum atomic E-state index is -0.340. The van der Waals surface area contributed by atoms with Gasteiger partial charge in [0.25, 0.3) is 0 Å². The molecule has 4 rings (SSSR count). The molecule has 0 aliphatic rings. The minimum absolute atomic E-state index is 0.101. The fourth-order valence-electron chi connectivity index (χ4n) is 4.09. The molecule has 1 heterocycles. The molecule has 0 aliphatic carbocycles. The monoisotopic (exact) mass is 487 g/mol. The summed E-state index contributed by atoms with van der Waals surface area (Å²) in [6, 6.07) is 22.8. The van der Waals surface area contributed by atoms with Gasteiger partial charge in [-0.1, -0.05) is 62.4 Å². The molecule has 186 valence electrons. The Labute approximate surface area is 210 Å². The normalized spacial score (nSPS) is 11.0.